The Morgan fingerprint density at radius 2 is 2.38 bits per heavy atom. The third-order valence-corrected chi connectivity index (χ3v) is 2.72. The number of nitrogens with zero attached hydrogens (tertiary/aromatic N) is 2. The van der Waals surface area contributed by atoms with Crippen LogP contribution in [0.1, 0.15) is 23.2 Å². The molecule has 1 atom stereocenters. The first-order valence-electron chi connectivity index (χ1n) is 5.35. The summed E-state index contributed by atoms with van der Waals surface area (Å²) >= 11 is 0. The highest BCUT2D eigenvalue weighted by atomic mass is 16.3. The molecule has 5 nitrogen and oxygen atoms in total. The topological polar surface area (TPSA) is 79.5 Å². The Labute approximate surface area is 93.9 Å². The highest BCUT2D eigenvalue weighted by Gasteiger charge is 2.22. The minimum Gasteiger partial charge on any atom is -0.506 e. The van der Waals surface area contributed by atoms with Crippen molar-refractivity contribution in [2.45, 2.75) is 18.9 Å². The van der Waals surface area contributed by atoms with Gasteiger partial charge >= 0.3 is 0 Å². The highest BCUT2D eigenvalue weighted by Crippen LogP contribution is 2.14. The fourth-order valence-electron chi connectivity index (χ4n) is 1.92. The van der Waals surface area contributed by atoms with Gasteiger partial charge in [0.25, 0.3) is 5.91 Å². The van der Waals surface area contributed by atoms with E-state index >= 15 is 0 Å². The summed E-state index contributed by atoms with van der Waals surface area (Å²) in [5.74, 6) is -0.106. The van der Waals surface area contributed by atoms with Gasteiger partial charge in [0.2, 0.25) is 0 Å². The van der Waals surface area contributed by atoms with Gasteiger partial charge in [-0.1, -0.05) is 0 Å². The van der Waals surface area contributed by atoms with Gasteiger partial charge in [0.1, 0.15) is 5.75 Å². The van der Waals surface area contributed by atoms with Crippen molar-refractivity contribution >= 4 is 5.91 Å². The summed E-state index contributed by atoms with van der Waals surface area (Å²) in [6.45, 7) is 1.30. The number of aromatic hydroxyl groups is 1. The lowest BCUT2D eigenvalue weighted by Crippen LogP contribution is -2.45. The van der Waals surface area contributed by atoms with Crippen molar-refractivity contribution in [1.82, 2.24) is 9.88 Å². The number of hydrogen-bond acceptors (Lipinski definition) is 4. The van der Waals surface area contributed by atoms with Gasteiger partial charge in [-0.25, -0.2) is 0 Å². The van der Waals surface area contributed by atoms with E-state index in [1.165, 1.54) is 18.5 Å². The predicted octanol–water partition coefficient (Wildman–Crippen LogP) is 0.350. The molecule has 1 aliphatic heterocycles. The molecule has 2 rings (SSSR count). The van der Waals surface area contributed by atoms with Crippen LogP contribution in [0, 0.1) is 0 Å². The fraction of sp³-hybridized carbons (Fsp3) is 0.455. The zero-order valence-corrected chi connectivity index (χ0v) is 8.97. The molecular weight excluding hydrogens is 206 g/mol. The quantitative estimate of drug-likeness (QED) is 0.717. The molecule has 0 unspecified atom stereocenters. The molecule has 0 saturated carbocycles. The zero-order valence-electron chi connectivity index (χ0n) is 8.97. The molecule has 16 heavy (non-hydrogen) atoms. The Kier molecular flexibility index (Phi) is 3.05. The first kappa shape index (κ1) is 10.9. The molecule has 1 aromatic rings. The standard InChI is InChI=1S/C11H15N3O2/c12-9-2-1-3-14(7-9)11(16)8-4-10(15)6-13-5-8/h4-6,9,15H,1-3,7,12H2/t9-/m1/s1. The summed E-state index contributed by atoms with van der Waals surface area (Å²) in [6.07, 6.45) is 4.65. The number of nitrogens with two attached hydrogens (primary N) is 1. The van der Waals surface area contributed by atoms with E-state index in [-0.39, 0.29) is 17.7 Å². The molecule has 1 aromatic heterocycles. The summed E-state index contributed by atoms with van der Waals surface area (Å²) in [5, 5.41) is 9.25. The molecule has 0 aromatic carbocycles. The number of piperidine rings is 1. The lowest BCUT2D eigenvalue weighted by atomic mass is 10.1. The molecule has 0 radical (unpaired) electrons. The first-order chi connectivity index (χ1) is 7.66. The molecule has 1 fully saturated rings. The maximum atomic E-state index is 12.0. The molecule has 0 aliphatic carbocycles. The van der Waals surface area contributed by atoms with Crippen molar-refractivity contribution in [2.75, 3.05) is 13.1 Å². The Hall–Kier alpha value is -1.62. The van der Waals surface area contributed by atoms with Gasteiger partial charge in [-0.05, 0) is 18.9 Å². The van der Waals surface area contributed by atoms with Crippen LogP contribution in [0.15, 0.2) is 18.5 Å². The Bertz CT molecular complexity index is 395. The van der Waals surface area contributed by atoms with Crippen LogP contribution in [0.3, 0.4) is 0 Å². The van der Waals surface area contributed by atoms with Gasteiger partial charge in [0, 0.05) is 25.3 Å². The van der Waals surface area contributed by atoms with Crippen LogP contribution < -0.4 is 5.73 Å². The SMILES string of the molecule is N[C@@H]1CCCN(C(=O)c2cncc(O)c2)C1. The van der Waals surface area contributed by atoms with E-state index < -0.39 is 0 Å². The Morgan fingerprint density at radius 1 is 1.56 bits per heavy atom. The number of pyridine rings is 1. The maximum Gasteiger partial charge on any atom is 0.255 e. The van der Waals surface area contributed by atoms with Crippen LogP contribution in [0.5, 0.6) is 5.75 Å². The van der Waals surface area contributed by atoms with Gasteiger partial charge in [0.05, 0.1) is 11.8 Å². The summed E-state index contributed by atoms with van der Waals surface area (Å²) in [6, 6.07) is 1.48. The van der Waals surface area contributed by atoms with Crippen LogP contribution in [0.2, 0.25) is 0 Å². The smallest absolute Gasteiger partial charge is 0.255 e. The van der Waals surface area contributed by atoms with Crippen molar-refractivity contribution < 1.29 is 9.90 Å². The second-order valence-electron chi connectivity index (χ2n) is 4.09. The molecule has 0 spiro atoms. The largest absolute Gasteiger partial charge is 0.506 e. The zero-order chi connectivity index (χ0) is 11.5. The second-order valence-corrected chi connectivity index (χ2v) is 4.09. The van der Waals surface area contributed by atoms with Crippen LogP contribution >= 0.6 is 0 Å². The van der Waals surface area contributed by atoms with E-state index in [1.807, 2.05) is 0 Å². The van der Waals surface area contributed by atoms with E-state index in [0.717, 1.165) is 19.4 Å². The van der Waals surface area contributed by atoms with Gasteiger partial charge in [0.15, 0.2) is 0 Å². The van der Waals surface area contributed by atoms with E-state index in [0.29, 0.717) is 12.1 Å². The van der Waals surface area contributed by atoms with Gasteiger partial charge < -0.3 is 15.7 Å². The highest BCUT2D eigenvalue weighted by molar-refractivity contribution is 5.94. The van der Waals surface area contributed by atoms with Crippen LogP contribution in [-0.2, 0) is 0 Å². The molecule has 1 amide bonds. The van der Waals surface area contributed by atoms with Gasteiger partial charge in [-0.3, -0.25) is 9.78 Å². The molecule has 5 heteroatoms. The summed E-state index contributed by atoms with van der Waals surface area (Å²) in [7, 11) is 0. The number of amides is 1. The molecule has 3 N–H and O–H groups in total. The van der Waals surface area contributed by atoms with Crippen LogP contribution in [0.25, 0.3) is 0 Å². The lowest BCUT2D eigenvalue weighted by molar-refractivity contribution is 0.0708. The molecule has 86 valence electrons. The fourth-order valence-corrected chi connectivity index (χ4v) is 1.92. The van der Waals surface area contributed by atoms with Crippen LogP contribution in [-0.4, -0.2) is 40.0 Å². The van der Waals surface area contributed by atoms with Crippen molar-refractivity contribution in [2.24, 2.45) is 5.73 Å². The Balaban J connectivity index is 2.12. The summed E-state index contributed by atoms with van der Waals surface area (Å²) in [4.78, 5) is 17.5. The minimum atomic E-state index is -0.112. The van der Waals surface area contributed by atoms with Gasteiger partial charge in [-0.15, -0.1) is 0 Å². The van der Waals surface area contributed by atoms with E-state index in [2.05, 4.69) is 4.98 Å². The molecule has 0 bridgehead atoms. The number of hydrogen-bond donors (Lipinski definition) is 2. The average molecular weight is 221 g/mol. The summed E-state index contributed by atoms with van der Waals surface area (Å²) < 4.78 is 0. The second kappa shape index (κ2) is 4.49. The number of carbonyl (C=O) groups is 1. The van der Waals surface area contributed by atoms with E-state index in [1.54, 1.807) is 4.90 Å². The van der Waals surface area contributed by atoms with Crippen molar-refractivity contribution in [3.8, 4) is 5.75 Å². The number of likely N-dealkylation sites (tertiary alicyclic amines) is 1. The van der Waals surface area contributed by atoms with Crippen molar-refractivity contribution in [3.63, 3.8) is 0 Å². The Morgan fingerprint density at radius 3 is 3.06 bits per heavy atom. The number of aromatic nitrogens is 1. The lowest BCUT2D eigenvalue weighted by Gasteiger charge is -2.30. The van der Waals surface area contributed by atoms with Crippen molar-refractivity contribution in [1.29, 1.82) is 0 Å². The predicted molar refractivity (Wildman–Crippen MR) is 59.0 cm³/mol. The molecule has 1 saturated heterocycles. The normalized spacial score (nSPS) is 20.8. The minimum absolute atomic E-state index is 0.00663. The van der Waals surface area contributed by atoms with Crippen molar-refractivity contribution in [3.05, 3.63) is 24.0 Å². The monoisotopic (exact) mass is 221 g/mol. The first-order valence-corrected chi connectivity index (χ1v) is 5.35. The third kappa shape index (κ3) is 2.30. The van der Waals surface area contributed by atoms with Crippen LogP contribution in [0.4, 0.5) is 0 Å². The molecular formula is C11H15N3O2. The van der Waals surface area contributed by atoms with Gasteiger partial charge in [-0.2, -0.15) is 0 Å². The molecule has 2 heterocycles. The molecule has 1 aliphatic rings. The third-order valence-electron chi connectivity index (χ3n) is 2.72. The number of rotatable bonds is 1. The van der Waals surface area contributed by atoms with E-state index in [4.69, 9.17) is 5.73 Å². The summed E-state index contributed by atoms with van der Waals surface area (Å²) in [5.41, 5.74) is 6.22. The maximum absolute atomic E-state index is 12.0. The number of carbonyl (C=O) groups excluding carboxylic acids is 1. The average Bonchev–Trinajstić information content (AvgIpc) is 2.28. The van der Waals surface area contributed by atoms with E-state index in [9.17, 15) is 9.90 Å².